The van der Waals surface area contributed by atoms with Crippen molar-refractivity contribution in [2.75, 3.05) is 0 Å². The topological polar surface area (TPSA) is 149 Å². The highest BCUT2D eigenvalue weighted by Gasteiger charge is 2.46. The van der Waals surface area contributed by atoms with Crippen LogP contribution < -0.4 is 0 Å². The first-order valence-corrected chi connectivity index (χ1v) is 7.33. The second kappa shape index (κ2) is 4.20. The molecule has 0 spiro atoms. The summed E-state index contributed by atoms with van der Waals surface area (Å²) in [6.07, 6.45) is -4.59. The lowest BCUT2D eigenvalue weighted by Gasteiger charge is -2.33. The Labute approximate surface area is 92.4 Å². The SMILES string of the molecule is O=S(=O)(O)C1CC(O)C(S(=O)(=O)O)CC1O. The Morgan fingerprint density at radius 2 is 1.00 bits per heavy atom. The van der Waals surface area contributed by atoms with E-state index in [4.69, 9.17) is 9.11 Å². The van der Waals surface area contributed by atoms with Gasteiger partial charge in [0.15, 0.2) is 0 Å². The zero-order valence-corrected chi connectivity index (χ0v) is 9.59. The first kappa shape index (κ1) is 13.8. The number of aliphatic hydroxyl groups is 2. The van der Waals surface area contributed by atoms with Gasteiger partial charge in [-0.1, -0.05) is 0 Å². The lowest BCUT2D eigenvalue weighted by Crippen LogP contribution is -2.50. The monoisotopic (exact) mass is 276 g/mol. The number of aliphatic hydroxyl groups excluding tert-OH is 2. The minimum absolute atomic E-state index is 0.648. The molecule has 4 N–H and O–H groups in total. The largest absolute Gasteiger partial charge is 0.392 e. The smallest absolute Gasteiger partial charge is 0.270 e. The minimum Gasteiger partial charge on any atom is -0.392 e. The Bertz CT molecular complexity index is 407. The third-order valence-corrected chi connectivity index (χ3v) is 5.11. The van der Waals surface area contributed by atoms with Crippen molar-refractivity contribution in [1.82, 2.24) is 0 Å². The highest BCUT2D eigenvalue weighted by Crippen LogP contribution is 2.28. The first-order valence-electron chi connectivity index (χ1n) is 4.32. The lowest BCUT2D eigenvalue weighted by molar-refractivity contribution is 0.0557. The van der Waals surface area contributed by atoms with E-state index in [0.29, 0.717) is 0 Å². The number of hydrogen-bond acceptors (Lipinski definition) is 6. The van der Waals surface area contributed by atoms with Crippen LogP contribution in [0.3, 0.4) is 0 Å². The van der Waals surface area contributed by atoms with E-state index in [0.717, 1.165) is 0 Å². The Morgan fingerprint density at radius 3 is 1.19 bits per heavy atom. The van der Waals surface area contributed by atoms with Gasteiger partial charge in [-0.15, -0.1) is 0 Å². The summed E-state index contributed by atoms with van der Waals surface area (Å²) >= 11 is 0. The lowest BCUT2D eigenvalue weighted by atomic mass is 9.94. The van der Waals surface area contributed by atoms with Gasteiger partial charge < -0.3 is 10.2 Å². The molecule has 0 radical (unpaired) electrons. The normalized spacial score (nSPS) is 37.2. The molecular formula is C6H12O8S2. The summed E-state index contributed by atoms with van der Waals surface area (Å²) in [6, 6.07) is 0. The van der Waals surface area contributed by atoms with Gasteiger partial charge in [-0.3, -0.25) is 9.11 Å². The molecule has 0 saturated heterocycles. The van der Waals surface area contributed by atoms with Gasteiger partial charge in [-0.25, -0.2) is 0 Å². The van der Waals surface area contributed by atoms with Gasteiger partial charge in [0.2, 0.25) is 0 Å². The van der Waals surface area contributed by atoms with Crippen molar-refractivity contribution >= 4 is 20.2 Å². The molecule has 0 aromatic heterocycles. The summed E-state index contributed by atoms with van der Waals surface area (Å²) in [5, 5.41) is 15.4. The van der Waals surface area contributed by atoms with Crippen molar-refractivity contribution in [1.29, 1.82) is 0 Å². The predicted octanol–water partition coefficient (Wildman–Crippen LogP) is -1.99. The average Bonchev–Trinajstić information content (AvgIpc) is 2.04. The molecule has 1 fully saturated rings. The van der Waals surface area contributed by atoms with E-state index >= 15 is 0 Å². The molecule has 16 heavy (non-hydrogen) atoms. The molecular weight excluding hydrogens is 264 g/mol. The Balaban J connectivity index is 2.96. The Morgan fingerprint density at radius 1 is 0.750 bits per heavy atom. The molecule has 4 atom stereocenters. The summed E-state index contributed by atoms with van der Waals surface area (Å²) in [5.74, 6) is 0. The van der Waals surface area contributed by atoms with Crippen LogP contribution in [0.25, 0.3) is 0 Å². The molecule has 1 aliphatic carbocycles. The Kier molecular flexibility index (Phi) is 3.62. The van der Waals surface area contributed by atoms with E-state index in [2.05, 4.69) is 0 Å². The maximum atomic E-state index is 10.8. The van der Waals surface area contributed by atoms with Crippen molar-refractivity contribution in [3.8, 4) is 0 Å². The molecule has 0 amide bonds. The van der Waals surface area contributed by atoms with Crippen molar-refractivity contribution in [2.45, 2.75) is 35.5 Å². The third kappa shape index (κ3) is 2.90. The fraction of sp³-hybridized carbons (Fsp3) is 1.00. The molecule has 96 valence electrons. The summed E-state index contributed by atoms with van der Waals surface area (Å²) in [6.45, 7) is 0. The van der Waals surface area contributed by atoms with Crippen LogP contribution in [0.5, 0.6) is 0 Å². The second-order valence-electron chi connectivity index (χ2n) is 3.71. The fourth-order valence-electron chi connectivity index (χ4n) is 1.73. The molecule has 0 aromatic rings. The second-order valence-corrected chi connectivity index (χ2v) is 6.98. The third-order valence-electron chi connectivity index (χ3n) is 2.57. The first-order chi connectivity index (χ1) is 7.03. The maximum absolute atomic E-state index is 10.8. The van der Waals surface area contributed by atoms with Gasteiger partial charge in [0.05, 0.1) is 12.2 Å². The van der Waals surface area contributed by atoms with E-state index in [1.807, 2.05) is 0 Å². The summed E-state index contributed by atoms with van der Waals surface area (Å²) < 4.78 is 60.5. The maximum Gasteiger partial charge on any atom is 0.270 e. The van der Waals surface area contributed by atoms with Crippen LogP contribution in [-0.2, 0) is 20.2 Å². The van der Waals surface area contributed by atoms with Gasteiger partial charge >= 0.3 is 0 Å². The molecule has 0 aromatic carbocycles. The van der Waals surface area contributed by atoms with Crippen LogP contribution in [0.15, 0.2) is 0 Å². The van der Waals surface area contributed by atoms with Crippen LogP contribution in [0.2, 0.25) is 0 Å². The van der Waals surface area contributed by atoms with Gasteiger partial charge in [0.25, 0.3) is 20.2 Å². The molecule has 1 saturated carbocycles. The molecule has 0 bridgehead atoms. The molecule has 8 nitrogen and oxygen atoms in total. The highest BCUT2D eigenvalue weighted by atomic mass is 32.2. The molecule has 1 aliphatic rings. The standard InChI is InChI=1S/C6H12O8S2/c7-3-1-5(15(9,10)11)4(8)2-6(3)16(12,13)14/h3-8H,1-2H2,(H,9,10,11)(H,12,13,14). The molecule has 0 heterocycles. The van der Waals surface area contributed by atoms with Gasteiger partial charge in [-0.2, -0.15) is 16.8 Å². The Hall–Kier alpha value is -0.260. The van der Waals surface area contributed by atoms with Crippen molar-refractivity contribution in [2.24, 2.45) is 0 Å². The summed E-state index contributed by atoms with van der Waals surface area (Å²) in [4.78, 5) is 0. The molecule has 1 rings (SSSR count). The van der Waals surface area contributed by atoms with Crippen molar-refractivity contribution in [3.63, 3.8) is 0 Å². The van der Waals surface area contributed by atoms with Gasteiger partial charge in [-0.05, 0) is 12.8 Å². The van der Waals surface area contributed by atoms with E-state index in [1.54, 1.807) is 0 Å². The van der Waals surface area contributed by atoms with E-state index in [-0.39, 0.29) is 0 Å². The predicted molar refractivity (Wildman–Crippen MR) is 51.9 cm³/mol. The van der Waals surface area contributed by atoms with Crippen LogP contribution in [0.4, 0.5) is 0 Å². The fourth-order valence-corrected chi connectivity index (χ4v) is 3.63. The quantitative estimate of drug-likeness (QED) is 0.424. The molecule has 4 unspecified atom stereocenters. The van der Waals surface area contributed by atoms with E-state index in [9.17, 15) is 27.0 Å². The molecule has 10 heteroatoms. The molecule has 0 aliphatic heterocycles. The van der Waals surface area contributed by atoms with Crippen LogP contribution in [-0.4, -0.2) is 58.9 Å². The van der Waals surface area contributed by atoms with Crippen LogP contribution in [0, 0.1) is 0 Å². The number of hydrogen-bond donors (Lipinski definition) is 4. The van der Waals surface area contributed by atoms with E-state index in [1.165, 1.54) is 0 Å². The minimum atomic E-state index is -4.56. The van der Waals surface area contributed by atoms with Gasteiger partial charge in [0, 0.05) is 0 Å². The zero-order chi connectivity index (χ0) is 12.7. The van der Waals surface area contributed by atoms with Crippen LogP contribution in [0.1, 0.15) is 12.8 Å². The highest BCUT2D eigenvalue weighted by molar-refractivity contribution is 7.87. The van der Waals surface area contributed by atoms with Crippen molar-refractivity contribution < 1.29 is 36.2 Å². The van der Waals surface area contributed by atoms with Gasteiger partial charge in [0.1, 0.15) is 10.5 Å². The summed E-state index contributed by atoms with van der Waals surface area (Å²) in [7, 11) is -9.13. The zero-order valence-electron chi connectivity index (χ0n) is 7.96. The van der Waals surface area contributed by atoms with Crippen molar-refractivity contribution in [3.05, 3.63) is 0 Å². The van der Waals surface area contributed by atoms with E-state index < -0.39 is 55.8 Å². The van der Waals surface area contributed by atoms with Crippen LogP contribution >= 0.6 is 0 Å². The summed E-state index contributed by atoms with van der Waals surface area (Å²) in [5.41, 5.74) is 0. The average molecular weight is 276 g/mol. The number of rotatable bonds is 2.